The lowest BCUT2D eigenvalue weighted by atomic mass is 10.1. The average molecular weight is 325 g/mol. The lowest BCUT2D eigenvalue weighted by molar-refractivity contribution is 0.190. The van der Waals surface area contributed by atoms with Crippen LogP contribution in [0.25, 0.3) is 0 Å². The Hall–Kier alpha value is -1.39. The molecule has 2 nitrogen and oxygen atoms in total. The molecule has 0 aliphatic rings. The highest BCUT2D eigenvalue weighted by atomic mass is 79.9. The van der Waals surface area contributed by atoms with E-state index in [0.717, 1.165) is 4.47 Å². The van der Waals surface area contributed by atoms with E-state index in [1.807, 2.05) is 12.1 Å². The summed E-state index contributed by atoms with van der Waals surface area (Å²) in [7, 11) is 0. The maximum atomic E-state index is 13.6. The number of halogens is 2. The Morgan fingerprint density at radius 3 is 2.74 bits per heavy atom. The van der Waals surface area contributed by atoms with Gasteiger partial charge in [0.25, 0.3) is 0 Å². The van der Waals surface area contributed by atoms with Gasteiger partial charge in [-0.05, 0) is 31.2 Å². The van der Waals surface area contributed by atoms with Gasteiger partial charge in [0.15, 0.2) is 0 Å². The van der Waals surface area contributed by atoms with Gasteiger partial charge in [-0.25, -0.2) is 4.39 Å². The van der Waals surface area contributed by atoms with E-state index in [1.165, 1.54) is 6.07 Å². The Labute approximate surface area is 120 Å². The molecule has 1 atom stereocenters. The van der Waals surface area contributed by atoms with Gasteiger partial charge in [0.2, 0.25) is 0 Å². The third-order valence-electron chi connectivity index (χ3n) is 2.76. The predicted molar refractivity (Wildman–Crippen MR) is 75.5 cm³/mol. The molecular formula is C15H14BrFO2. The first kappa shape index (κ1) is 14.0. The first-order chi connectivity index (χ1) is 9.08. The fraction of sp³-hybridized carbons (Fsp3) is 0.200. The zero-order valence-corrected chi connectivity index (χ0v) is 12.0. The van der Waals surface area contributed by atoms with Crippen LogP contribution in [0.1, 0.15) is 24.2 Å². The molecule has 0 aliphatic heterocycles. The number of benzene rings is 2. The van der Waals surface area contributed by atoms with Crippen molar-refractivity contribution in [3.8, 4) is 5.75 Å². The molecule has 0 amide bonds. The van der Waals surface area contributed by atoms with Crippen molar-refractivity contribution in [3.63, 3.8) is 0 Å². The van der Waals surface area contributed by atoms with E-state index < -0.39 is 6.10 Å². The molecule has 2 aromatic rings. The molecule has 19 heavy (non-hydrogen) atoms. The van der Waals surface area contributed by atoms with Crippen LogP contribution in [0.5, 0.6) is 5.75 Å². The van der Waals surface area contributed by atoms with Gasteiger partial charge < -0.3 is 9.84 Å². The summed E-state index contributed by atoms with van der Waals surface area (Å²) in [5.41, 5.74) is 1.16. The fourth-order valence-electron chi connectivity index (χ4n) is 1.77. The van der Waals surface area contributed by atoms with Crippen LogP contribution in [0.2, 0.25) is 0 Å². The summed E-state index contributed by atoms with van der Waals surface area (Å²) in [6.07, 6.45) is -0.622. The van der Waals surface area contributed by atoms with Gasteiger partial charge in [0.05, 0.1) is 6.10 Å². The molecule has 4 heteroatoms. The second kappa shape index (κ2) is 6.17. The Balaban J connectivity index is 2.17. The number of aliphatic hydroxyl groups excluding tert-OH is 1. The second-order valence-corrected chi connectivity index (χ2v) is 5.15. The minimum Gasteiger partial charge on any atom is -0.488 e. The minimum absolute atomic E-state index is 0.120. The van der Waals surface area contributed by atoms with Crippen molar-refractivity contribution in [2.45, 2.75) is 19.6 Å². The summed E-state index contributed by atoms with van der Waals surface area (Å²) in [4.78, 5) is 0. The quantitative estimate of drug-likeness (QED) is 0.912. The summed E-state index contributed by atoms with van der Waals surface area (Å²) in [6.45, 7) is 1.79. The van der Waals surface area contributed by atoms with Crippen molar-refractivity contribution in [2.24, 2.45) is 0 Å². The summed E-state index contributed by atoms with van der Waals surface area (Å²) in [6, 6.07) is 11.9. The normalized spacial score (nSPS) is 12.2. The summed E-state index contributed by atoms with van der Waals surface area (Å²) >= 11 is 3.30. The molecule has 0 radical (unpaired) electrons. The van der Waals surface area contributed by atoms with E-state index in [-0.39, 0.29) is 12.4 Å². The minimum atomic E-state index is -0.622. The third kappa shape index (κ3) is 3.55. The van der Waals surface area contributed by atoms with Crippen molar-refractivity contribution in [3.05, 3.63) is 63.9 Å². The number of hydrogen-bond donors (Lipinski definition) is 1. The van der Waals surface area contributed by atoms with E-state index in [9.17, 15) is 9.50 Å². The van der Waals surface area contributed by atoms with Crippen LogP contribution in [0.3, 0.4) is 0 Å². The molecule has 0 bridgehead atoms. The summed E-state index contributed by atoms with van der Waals surface area (Å²) in [5.74, 6) is 0.259. The molecule has 0 saturated carbocycles. The maximum absolute atomic E-state index is 13.6. The van der Waals surface area contributed by atoms with Crippen LogP contribution >= 0.6 is 15.9 Å². The molecule has 0 aliphatic carbocycles. The van der Waals surface area contributed by atoms with E-state index in [2.05, 4.69) is 15.9 Å². The fourth-order valence-corrected chi connectivity index (χ4v) is 2.18. The molecule has 0 heterocycles. The van der Waals surface area contributed by atoms with Crippen LogP contribution in [-0.4, -0.2) is 5.11 Å². The Morgan fingerprint density at radius 1 is 1.26 bits per heavy atom. The molecule has 0 unspecified atom stereocenters. The Bertz CT molecular complexity index is 570. The van der Waals surface area contributed by atoms with Gasteiger partial charge >= 0.3 is 0 Å². The van der Waals surface area contributed by atoms with E-state index >= 15 is 0 Å². The van der Waals surface area contributed by atoms with Gasteiger partial charge in [0.1, 0.15) is 18.2 Å². The zero-order chi connectivity index (χ0) is 13.8. The first-order valence-electron chi connectivity index (χ1n) is 5.91. The molecule has 1 N–H and O–H groups in total. The van der Waals surface area contributed by atoms with Gasteiger partial charge in [-0.15, -0.1) is 0 Å². The Morgan fingerprint density at radius 2 is 2.00 bits per heavy atom. The molecule has 2 aromatic carbocycles. The Kier molecular flexibility index (Phi) is 4.56. The van der Waals surface area contributed by atoms with Crippen LogP contribution < -0.4 is 4.74 Å². The lowest BCUT2D eigenvalue weighted by Gasteiger charge is -2.13. The van der Waals surface area contributed by atoms with Crippen molar-refractivity contribution < 1.29 is 14.2 Å². The molecule has 0 spiro atoms. The lowest BCUT2D eigenvalue weighted by Crippen LogP contribution is -2.02. The van der Waals surface area contributed by atoms with Gasteiger partial charge in [-0.3, -0.25) is 0 Å². The predicted octanol–water partition coefficient (Wildman–Crippen LogP) is 4.22. The summed E-state index contributed by atoms with van der Waals surface area (Å²) < 4.78 is 20.0. The zero-order valence-electron chi connectivity index (χ0n) is 10.4. The van der Waals surface area contributed by atoms with E-state index in [4.69, 9.17) is 4.74 Å². The number of para-hydroxylation sites is 1. The number of ether oxygens (including phenoxy) is 1. The molecule has 0 saturated heterocycles. The molecule has 100 valence electrons. The first-order valence-corrected chi connectivity index (χ1v) is 6.71. The van der Waals surface area contributed by atoms with Crippen LogP contribution in [-0.2, 0) is 6.61 Å². The number of hydrogen-bond acceptors (Lipinski definition) is 2. The SMILES string of the molecule is C[C@@H](O)c1ccccc1OCc1cc(Br)ccc1F. The summed E-state index contributed by atoms with van der Waals surface area (Å²) in [5, 5.41) is 9.64. The van der Waals surface area contributed by atoms with Gasteiger partial charge in [0, 0.05) is 15.6 Å². The average Bonchev–Trinajstić information content (AvgIpc) is 2.40. The topological polar surface area (TPSA) is 29.5 Å². The van der Waals surface area contributed by atoms with Crippen LogP contribution in [0.15, 0.2) is 46.9 Å². The van der Waals surface area contributed by atoms with Crippen molar-refractivity contribution >= 4 is 15.9 Å². The van der Waals surface area contributed by atoms with Crippen molar-refractivity contribution in [2.75, 3.05) is 0 Å². The highest BCUT2D eigenvalue weighted by Crippen LogP contribution is 2.26. The van der Waals surface area contributed by atoms with Crippen molar-refractivity contribution in [1.29, 1.82) is 0 Å². The molecule has 2 rings (SSSR count). The molecule has 0 fully saturated rings. The number of aliphatic hydroxyl groups is 1. The van der Waals surface area contributed by atoms with Crippen LogP contribution in [0, 0.1) is 5.82 Å². The third-order valence-corrected chi connectivity index (χ3v) is 3.25. The highest BCUT2D eigenvalue weighted by Gasteiger charge is 2.09. The van der Waals surface area contributed by atoms with E-state index in [0.29, 0.717) is 16.9 Å². The van der Waals surface area contributed by atoms with Gasteiger partial charge in [-0.2, -0.15) is 0 Å². The molecular weight excluding hydrogens is 311 g/mol. The van der Waals surface area contributed by atoms with Crippen LogP contribution in [0.4, 0.5) is 4.39 Å². The van der Waals surface area contributed by atoms with Crippen molar-refractivity contribution in [1.82, 2.24) is 0 Å². The highest BCUT2D eigenvalue weighted by molar-refractivity contribution is 9.10. The smallest absolute Gasteiger partial charge is 0.129 e. The van der Waals surface area contributed by atoms with Gasteiger partial charge in [-0.1, -0.05) is 34.1 Å². The monoisotopic (exact) mass is 324 g/mol. The number of rotatable bonds is 4. The molecule has 0 aromatic heterocycles. The van der Waals surface area contributed by atoms with E-state index in [1.54, 1.807) is 31.2 Å². The maximum Gasteiger partial charge on any atom is 0.129 e. The second-order valence-electron chi connectivity index (χ2n) is 4.24. The largest absolute Gasteiger partial charge is 0.488 e. The standard InChI is InChI=1S/C15H14BrFO2/c1-10(18)13-4-2-3-5-15(13)19-9-11-8-12(16)6-7-14(11)17/h2-8,10,18H,9H2,1H3/t10-/m1/s1.